The van der Waals surface area contributed by atoms with E-state index >= 15 is 0 Å². The highest BCUT2D eigenvalue weighted by Crippen LogP contribution is 2.67. The monoisotopic (exact) mass is 415 g/mol. The van der Waals surface area contributed by atoms with Crippen molar-refractivity contribution in [2.45, 2.75) is 111 Å². The smallest absolute Gasteiger partial charge is 0.155 e. The molecule has 3 nitrogen and oxygen atoms in total. The van der Waals surface area contributed by atoms with Crippen LogP contribution in [0.4, 0.5) is 0 Å². The summed E-state index contributed by atoms with van der Waals surface area (Å²) in [5.41, 5.74) is 2.46. The molecule has 0 N–H and O–H groups in total. The van der Waals surface area contributed by atoms with Gasteiger partial charge in [0.25, 0.3) is 0 Å². The zero-order chi connectivity index (χ0) is 21.5. The largest absolute Gasteiger partial charge is 0.360 e. The SMILES string of the molecule is CC(C)CCC[C@@H](C)[C@H]1CC[C@H]2[C@@H]3CC=C4C[C@@H](ON=O)CC[C@]4(C)[C@H]3CC[C@]12C. The molecule has 0 saturated heterocycles. The van der Waals surface area contributed by atoms with Gasteiger partial charge in [-0.15, -0.1) is 4.91 Å². The number of hydrogen-bond donors (Lipinski definition) is 0. The van der Waals surface area contributed by atoms with Crippen LogP contribution < -0.4 is 0 Å². The van der Waals surface area contributed by atoms with Crippen LogP contribution in [-0.4, -0.2) is 6.10 Å². The molecule has 3 heteroatoms. The van der Waals surface area contributed by atoms with Crippen LogP contribution in [0.25, 0.3) is 0 Å². The Bertz CT molecular complexity index is 657. The van der Waals surface area contributed by atoms with Gasteiger partial charge in [-0.05, 0) is 91.3 Å². The van der Waals surface area contributed by atoms with E-state index in [1.807, 2.05) is 0 Å². The Balaban J connectivity index is 1.47. The van der Waals surface area contributed by atoms with Crippen molar-refractivity contribution in [1.82, 2.24) is 0 Å². The van der Waals surface area contributed by atoms with Crippen LogP contribution in [-0.2, 0) is 4.84 Å². The average Bonchev–Trinajstić information content (AvgIpc) is 3.05. The van der Waals surface area contributed by atoms with Crippen molar-refractivity contribution in [1.29, 1.82) is 0 Å². The molecule has 0 unspecified atom stereocenters. The van der Waals surface area contributed by atoms with Crippen molar-refractivity contribution in [2.75, 3.05) is 0 Å². The van der Waals surface area contributed by atoms with Crippen LogP contribution in [0, 0.1) is 51.2 Å². The van der Waals surface area contributed by atoms with Crippen molar-refractivity contribution >= 4 is 0 Å². The molecule has 0 aliphatic heterocycles. The molecule has 0 spiro atoms. The molecule has 4 aliphatic rings. The lowest BCUT2D eigenvalue weighted by Gasteiger charge is -2.58. The van der Waals surface area contributed by atoms with E-state index in [1.165, 1.54) is 57.8 Å². The van der Waals surface area contributed by atoms with Gasteiger partial charge in [-0.25, -0.2) is 0 Å². The van der Waals surface area contributed by atoms with E-state index in [0.717, 1.165) is 48.3 Å². The van der Waals surface area contributed by atoms with Crippen LogP contribution in [0.5, 0.6) is 0 Å². The molecule has 30 heavy (non-hydrogen) atoms. The molecule has 0 bridgehead atoms. The summed E-state index contributed by atoms with van der Waals surface area (Å²) in [6.45, 7) is 12.5. The van der Waals surface area contributed by atoms with Crippen LogP contribution in [0.2, 0.25) is 0 Å². The summed E-state index contributed by atoms with van der Waals surface area (Å²) in [6, 6.07) is 0. The van der Waals surface area contributed by atoms with E-state index in [0.29, 0.717) is 10.8 Å². The van der Waals surface area contributed by atoms with E-state index < -0.39 is 0 Å². The van der Waals surface area contributed by atoms with Crippen molar-refractivity contribution in [3.63, 3.8) is 0 Å². The Labute approximate surface area is 184 Å². The zero-order valence-corrected chi connectivity index (χ0v) is 20.2. The fourth-order valence-electron chi connectivity index (χ4n) is 8.80. The molecule has 0 aromatic carbocycles. The molecule has 4 rings (SSSR count). The highest BCUT2D eigenvalue weighted by atomic mass is 16.7. The maximum atomic E-state index is 10.6. The van der Waals surface area contributed by atoms with E-state index in [2.05, 4.69) is 46.0 Å². The summed E-state index contributed by atoms with van der Waals surface area (Å²) in [5.74, 6) is 5.25. The van der Waals surface area contributed by atoms with Crippen LogP contribution >= 0.6 is 0 Å². The van der Waals surface area contributed by atoms with Crippen LogP contribution in [0.3, 0.4) is 0 Å². The van der Waals surface area contributed by atoms with Crippen LogP contribution in [0.15, 0.2) is 17.0 Å². The Morgan fingerprint density at radius 1 is 1.07 bits per heavy atom. The summed E-state index contributed by atoms with van der Waals surface area (Å²) in [4.78, 5) is 15.7. The molecule has 3 fully saturated rings. The lowest BCUT2D eigenvalue weighted by molar-refractivity contribution is -0.0640. The minimum Gasteiger partial charge on any atom is -0.360 e. The maximum absolute atomic E-state index is 10.6. The summed E-state index contributed by atoms with van der Waals surface area (Å²) in [6.07, 6.45) is 16.9. The minimum absolute atomic E-state index is 0.00906. The third-order valence-corrected chi connectivity index (χ3v) is 10.5. The predicted octanol–water partition coefficient (Wildman–Crippen LogP) is 8.09. The predicted molar refractivity (Wildman–Crippen MR) is 124 cm³/mol. The molecule has 0 aromatic rings. The van der Waals surface area contributed by atoms with Crippen LogP contribution in [0.1, 0.15) is 105 Å². The lowest BCUT2D eigenvalue weighted by Crippen LogP contribution is -2.50. The number of nitrogens with zero attached hydrogens (tertiary/aromatic N) is 1. The molecule has 0 heterocycles. The van der Waals surface area contributed by atoms with Gasteiger partial charge in [-0.2, -0.15) is 0 Å². The van der Waals surface area contributed by atoms with E-state index in [1.54, 1.807) is 5.57 Å². The van der Waals surface area contributed by atoms with Crippen molar-refractivity contribution in [2.24, 2.45) is 51.7 Å². The molecular formula is C27H45NO2. The molecule has 0 radical (unpaired) electrons. The molecule has 4 aliphatic carbocycles. The first-order chi connectivity index (χ1) is 14.3. The quantitative estimate of drug-likeness (QED) is 0.239. The molecule has 170 valence electrons. The Kier molecular flexibility index (Phi) is 6.39. The second-order valence-corrected chi connectivity index (χ2v) is 12.3. The van der Waals surface area contributed by atoms with E-state index in [-0.39, 0.29) is 6.10 Å². The van der Waals surface area contributed by atoms with Gasteiger partial charge in [0.15, 0.2) is 5.34 Å². The number of hydrogen-bond acceptors (Lipinski definition) is 3. The van der Waals surface area contributed by atoms with Gasteiger partial charge in [-0.3, -0.25) is 0 Å². The fourth-order valence-corrected chi connectivity index (χ4v) is 8.80. The number of fused-ring (bicyclic) bond motifs is 5. The number of allylic oxidation sites excluding steroid dienone is 1. The highest BCUT2D eigenvalue weighted by Gasteiger charge is 2.59. The Morgan fingerprint density at radius 2 is 1.87 bits per heavy atom. The maximum Gasteiger partial charge on any atom is 0.155 e. The topological polar surface area (TPSA) is 38.7 Å². The summed E-state index contributed by atoms with van der Waals surface area (Å²) in [5, 5.41) is 2.73. The van der Waals surface area contributed by atoms with E-state index in [4.69, 9.17) is 4.84 Å². The zero-order valence-electron chi connectivity index (χ0n) is 20.2. The second kappa shape index (κ2) is 8.58. The van der Waals surface area contributed by atoms with Crippen molar-refractivity contribution in [3.8, 4) is 0 Å². The van der Waals surface area contributed by atoms with Crippen molar-refractivity contribution in [3.05, 3.63) is 16.6 Å². The normalized spacial score (nSPS) is 43.9. The second-order valence-electron chi connectivity index (χ2n) is 12.3. The molecular weight excluding hydrogens is 370 g/mol. The first kappa shape index (κ1) is 22.3. The third kappa shape index (κ3) is 3.77. The van der Waals surface area contributed by atoms with Gasteiger partial charge in [0.1, 0.15) is 6.10 Å². The Morgan fingerprint density at radius 3 is 2.60 bits per heavy atom. The van der Waals surface area contributed by atoms with Gasteiger partial charge >= 0.3 is 0 Å². The summed E-state index contributed by atoms with van der Waals surface area (Å²) >= 11 is 0. The average molecular weight is 416 g/mol. The molecule has 3 saturated carbocycles. The van der Waals surface area contributed by atoms with Gasteiger partial charge in [-0.1, -0.05) is 65.5 Å². The van der Waals surface area contributed by atoms with Crippen molar-refractivity contribution < 1.29 is 4.84 Å². The van der Waals surface area contributed by atoms with Gasteiger partial charge < -0.3 is 4.84 Å². The standard InChI is InChI=1S/C27H45NO2/c1-18(2)7-6-8-19(3)23-11-12-24-22-10-9-20-17-21(30-28-29)13-15-26(20,4)25(22)14-16-27(23,24)5/h9,18-19,21-25H,6-8,10-17H2,1-5H3/t19-,21+,22+,23-,24+,25+,26+,27-/m1/s1. The first-order valence-electron chi connectivity index (χ1n) is 13.0. The number of rotatable bonds is 7. The third-order valence-electron chi connectivity index (χ3n) is 10.5. The highest BCUT2D eigenvalue weighted by molar-refractivity contribution is 5.25. The minimum atomic E-state index is 0.00906. The lowest BCUT2D eigenvalue weighted by atomic mass is 9.47. The summed E-state index contributed by atoms with van der Waals surface area (Å²) in [7, 11) is 0. The molecule has 8 atom stereocenters. The molecule has 0 aromatic heterocycles. The van der Waals surface area contributed by atoms with E-state index in [9.17, 15) is 4.91 Å². The summed E-state index contributed by atoms with van der Waals surface area (Å²) < 4.78 is 0. The first-order valence-corrected chi connectivity index (χ1v) is 13.0. The Hall–Kier alpha value is -0.860. The molecule has 0 amide bonds. The van der Waals surface area contributed by atoms with Gasteiger partial charge in [0.05, 0.1) is 0 Å². The van der Waals surface area contributed by atoms with Gasteiger partial charge in [0, 0.05) is 6.42 Å². The van der Waals surface area contributed by atoms with Gasteiger partial charge in [0.2, 0.25) is 0 Å². The fraction of sp³-hybridized carbons (Fsp3) is 0.926.